The number of nitrogens with one attached hydrogen (secondary N) is 14. The third-order valence-electron chi connectivity index (χ3n) is 22.0. The van der Waals surface area contributed by atoms with Gasteiger partial charge in [0.2, 0.25) is 88.4 Å². The van der Waals surface area contributed by atoms with Crippen LogP contribution in [0.1, 0.15) is 217 Å². The maximum atomic E-state index is 15.5. The molecule has 13 amide bonds. The number of ketones is 3. The number of benzene rings is 3. The van der Waals surface area contributed by atoms with Gasteiger partial charge < -0.3 is 95.2 Å². The second-order valence-electron chi connectivity index (χ2n) is 34.4. The molecule has 0 bridgehead atoms. The fraction of sp³-hybridized carbons (Fsp3) is 0.571. The SMILES string of the molecule is C.CC(=O)N[C@@H](CC(C)C)C(=O)N[C@H](C(=O)N[C@@H](Cc1ccccc1)C(=O)N[C@]1(C)CCCCCC/C=C/CCC[C@@](C)(C(=O)NC(C)C(=O)N[C@@H](C)C(=O)NC(C)C(=O)N[C@@H](C)C(=O)C(=O)[C@H](C)NC[C@H](C)C(N)=O)NC(=O)[C@H](CC(C)C)CCC(=O)[C@H](Cc2c[nH]c3cc(Cl)ccc23)NC(=O)C(Cc2ccc(O)cc2)NC(=O)[C@H](CCC(=O)O)NC1=O)[C@@H](C)O. The Morgan fingerprint density at radius 2 is 1.17 bits per heavy atom. The third-order valence-corrected chi connectivity index (χ3v) is 22.3. The molecule has 36 heteroatoms. The fourth-order valence-corrected chi connectivity index (χ4v) is 14.5. The molecule has 0 radical (unpaired) electrons. The highest BCUT2D eigenvalue weighted by atomic mass is 35.5. The van der Waals surface area contributed by atoms with Gasteiger partial charge in [0.1, 0.15) is 65.2 Å². The highest BCUT2D eigenvalue weighted by molar-refractivity contribution is 6.41. The lowest BCUT2D eigenvalue weighted by molar-refractivity contribution is -0.140. The third kappa shape index (κ3) is 35.7. The van der Waals surface area contributed by atoms with E-state index in [4.69, 9.17) is 17.3 Å². The summed E-state index contributed by atoms with van der Waals surface area (Å²) in [7, 11) is 0. The van der Waals surface area contributed by atoms with Gasteiger partial charge in [-0.1, -0.05) is 134 Å². The maximum absolute atomic E-state index is 15.5. The molecule has 0 saturated carbocycles. The number of phenolic OH excluding ortho intramolecular Hbond substituents is 1. The van der Waals surface area contributed by atoms with E-state index in [2.05, 4.69) is 74.1 Å². The van der Waals surface area contributed by atoms with Crippen LogP contribution in [0, 0.1) is 23.7 Å². The molecule has 1 aliphatic rings. The van der Waals surface area contributed by atoms with Crippen molar-refractivity contribution < 1.29 is 96.8 Å². The summed E-state index contributed by atoms with van der Waals surface area (Å²) >= 11 is 6.41. The molecular formula is C91H134ClN15O20. The topological polar surface area (TPSA) is 549 Å². The molecule has 0 fully saturated rings. The number of carbonyl (C=O) groups is 17. The van der Waals surface area contributed by atoms with Crippen molar-refractivity contribution >= 4 is 123 Å². The van der Waals surface area contributed by atoms with E-state index in [1.807, 2.05) is 39.8 Å². The molecule has 3 aromatic carbocycles. The zero-order chi connectivity index (χ0) is 94.0. The molecule has 0 aliphatic carbocycles. The number of primary amides is 1. The Bertz CT molecular complexity index is 4500. The fourth-order valence-electron chi connectivity index (χ4n) is 14.3. The lowest BCUT2D eigenvalue weighted by atomic mass is 9.87. The molecule has 700 valence electrons. The molecule has 19 N–H and O–H groups in total. The van der Waals surface area contributed by atoms with Gasteiger partial charge in [-0.2, -0.15) is 0 Å². The zero-order valence-corrected chi connectivity index (χ0v) is 75.3. The van der Waals surface area contributed by atoms with Crippen LogP contribution in [0.25, 0.3) is 10.9 Å². The van der Waals surface area contributed by atoms with E-state index in [1.165, 1.54) is 93.5 Å². The number of rotatable bonds is 36. The monoisotopic (exact) mass is 1790 g/mol. The van der Waals surface area contributed by atoms with Crippen molar-refractivity contribution in [3.8, 4) is 5.75 Å². The molecule has 16 atom stereocenters. The van der Waals surface area contributed by atoms with Gasteiger partial charge in [0.05, 0.1) is 24.2 Å². The number of aromatic hydroxyl groups is 1. The number of allylic oxidation sites excluding steroid dienone is 2. The Hall–Kier alpha value is -11.5. The Balaban J connectivity index is 0.0000338. The minimum atomic E-state index is -2.00. The van der Waals surface area contributed by atoms with Gasteiger partial charge in [0.25, 0.3) is 0 Å². The van der Waals surface area contributed by atoms with Crippen molar-refractivity contribution in [2.24, 2.45) is 29.4 Å². The minimum absolute atomic E-state index is 0. The molecule has 0 saturated heterocycles. The van der Waals surface area contributed by atoms with Crippen LogP contribution in [0.4, 0.5) is 0 Å². The van der Waals surface area contributed by atoms with Gasteiger partial charge in [-0.25, -0.2) is 0 Å². The number of aliphatic hydroxyl groups excluding tert-OH is 1. The summed E-state index contributed by atoms with van der Waals surface area (Å²) in [6.07, 6.45) is 4.61. The normalized spacial score (nSPS) is 21.2. The van der Waals surface area contributed by atoms with E-state index in [-0.39, 0.29) is 95.8 Å². The molecule has 3 unspecified atom stereocenters. The molecule has 1 aromatic heterocycles. The standard InChI is InChI=1S/C90H130ClN15O20.CH4/c1-49(2)41-61-31-37-72(110)68(45-62-48-94-67-46-63(91)32-35-65(62)67)100-83(121)70(44-60-29-33-64(109)34-30-60)101-82(120)66(36-38-73(111)112)103-88(126)90(14,106-85(123)71(43-59-27-23-22-24-28-59)102-86(124)74(57(11)107)104-84(122)69(42-50(3)4)99-58(12)108)40-26-21-19-17-15-16-18-20-25-39-89(13,105-81(61)119)87(125)98-56(10)80(118)97-55(9)79(117)96-54(8)78(116)95-53(7)76(114)75(113)52(6)93-47-51(5)77(92)115;/h16,18,22-24,27-30,32-35,46,48-57,61,66,68-71,74,93-94,107,109H,15,17,19-21,25-26,31,36-45,47H2,1-14H3,(H2,92,115)(H,95,116)(H,96,117)(H,97,118)(H,98,125)(H,99,108)(H,100,121)(H,101,120)(H,102,124)(H,103,126)(H,104,122)(H,105,119)(H,106,123)(H,111,112);1H4/b18-16+;/t51-,52-,53-,54?,55-,56?,57+,61-,66-,68-,69-,70?,71-,74-,89-,90+;/m0./s1. The zero-order valence-electron chi connectivity index (χ0n) is 74.6. The van der Waals surface area contributed by atoms with Gasteiger partial charge in [-0.15, -0.1) is 0 Å². The smallest absolute Gasteiger partial charge is 0.303 e. The summed E-state index contributed by atoms with van der Waals surface area (Å²) in [5.74, 6) is -16.7. The first kappa shape index (κ1) is 108. The predicted molar refractivity (Wildman–Crippen MR) is 478 cm³/mol. The van der Waals surface area contributed by atoms with Crippen LogP contribution >= 0.6 is 11.6 Å². The Labute approximate surface area is 748 Å². The Kier molecular flexibility index (Phi) is 44.2. The number of carbonyl (C=O) groups excluding carboxylic acids is 16. The first-order valence-electron chi connectivity index (χ1n) is 43.1. The highest BCUT2D eigenvalue weighted by Crippen LogP contribution is 2.28. The van der Waals surface area contributed by atoms with Crippen molar-refractivity contribution in [1.29, 1.82) is 0 Å². The number of Topliss-reactive ketones (excluding diaryl/α,β-unsaturated/α-hetero) is 3. The quantitative estimate of drug-likeness (QED) is 0.0220. The summed E-state index contributed by atoms with van der Waals surface area (Å²) < 4.78 is 0. The van der Waals surface area contributed by atoms with Gasteiger partial charge >= 0.3 is 5.97 Å². The number of aromatic amines is 1. The van der Waals surface area contributed by atoms with Crippen LogP contribution < -0.4 is 74.9 Å². The number of fused-ring (bicyclic) bond motifs is 1. The Morgan fingerprint density at radius 1 is 0.583 bits per heavy atom. The number of hydrogen-bond donors (Lipinski definition) is 18. The summed E-state index contributed by atoms with van der Waals surface area (Å²) in [6.45, 7) is 20.9. The van der Waals surface area contributed by atoms with E-state index < -0.39 is 208 Å². The number of nitrogens with two attached hydrogens (primary N) is 1. The largest absolute Gasteiger partial charge is 0.508 e. The molecule has 35 nitrogen and oxygen atoms in total. The highest BCUT2D eigenvalue weighted by Gasteiger charge is 2.43. The van der Waals surface area contributed by atoms with Crippen molar-refractivity contribution in [3.63, 3.8) is 0 Å². The average Bonchev–Trinajstić information content (AvgIpc) is 1.65. The Morgan fingerprint density at radius 3 is 1.76 bits per heavy atom. The van der Waals surface area contributed by atoms with Crippen LogP contribution in [0.15, 0.2) is 91.1 Å². The van der Waals surface area contributed by atoms with Crippen LogP contribution in [0.5, 0.6) is 5.75 Å². The summed E-state index contributed by atoms with van der Waals surface area (Å²) in [6, 6.07) is 3.55. The molecule has 127 heavy (non-hydrogen) atoms. The van der Waals surface area contributed by atoms with Crippen molar-refractivity contribution in [2.75, 3.05) is 6.54 Å². The summed E-state index contributed by atoms with van der Waals surface area (Å²) in [5.41, 5.74) is 3.54. The number of halogens is 1. The number of aliphatic carboxylic acids is 1. The van der Waals surface area contributed by atoms with E-state index in [9.17, 15) is 68.1 Å². The summed E-state index contributed by atoms with van der Waals surface area (Å²) in [4.78, 5) is 241. The van der Waals surface area contributed by atoms with Gasteiger partial charge in [0, 0.05) is 79.5 Å². The van der Waals surface area contributed by atoms with Crippen molar-refractivity contribution in [3.05, 3.63) is 113 Å². The predicted octanol–water partition coefficient (Wildman–Crippen LogP) is 4.51. The number of hydrogen-bond acceptors (Lipinski definition) is 20. The first-order valence-corrected chi connectivity index (χ1v) is 43.5. The molecule has 0 spiro atoms. The van der Waals surface area contributed by atoms with E-state index in [0.29, 0.717) is 71.1 Å². The molecule has 2 heterocycles. The average molecular weight is 1790 g/mol. The number of aliphatic hydroxyl groups is 1. The van der Waals surface area contributed by atoms with Crippen LogP contribution in [-0.2, 0) is 101 Å². The van der Waals surface area contributed by atoms with Crippen LogP contribution in [0.3, 0.4) is 0 Å². The molecule has 1 aliphatic heterocycles. The van der Waals surface area contributed by atoms with E-state index in [1.54, 1.807) is 54.7 Å². The van der Waals surface area contributed by atoms with Gasteiger partial charge in [-0.3, -0.25) is 81.5 Å². The lowest BCUT2D eigenvalue weighted by Gasteiger charge is -2.34. The number of phenols is 1. The molecular weight excluding hydrogens is 1660 g/mol. The first-order chi connectivity index (χ1) is 59.2. The van der Waals surface area contributed by atoms with Crippen molar-refractivity contribution in [1.82, 2.24) is 74.1 Å². The number of carboxylic acids is 1. The number of carboxylic acid groups (broad SMARTS) is 1. The van der Waals surface area contributed by atoms with Crippen LogP contribution in [-0.4, -0.2) is 211 Å². The second kappa shape index (κ2) is 52.0. The molecule has 5 rings (SSSR count). The van der Waals surface area contributed by atoms with Crippen LogP contribution in [0.2, 0.25) is 5.02 Å². The second-order valence-corrected chi connectivity index (χ2v) is 34.8. The summed E-state index contributed by atoms with van der Waals surface area (Å²) in [5, 5.41) is 67.3. The minimum Gasteiger partial charge on any atom is -0.508 e. The number of aromatic nitrogens is 1. The van der Waals surface area contributed by atoms with Gasteiger partial charge in [0.15, 0.2) is 5.78 Å². The van der Waals surface area contributed by atoms with Gasteiger partial charge in [-0.05, 0) is 172 Å². The number of amides is 13. The van der Waals surface area contributed by atoms with Crippen molar-refractivity contribution in [2.45, 2.75) is 304 Å². The van der Waals surface area contributed by atoms with E-state index >= 15 is 28.8 Å². The van der Waals surface area contributed by atoms with E-state index in [0.717, 1.165) is 0 Å². The molecule has 4 aromatic rings. The lowest BCUT2D eigenvalue weighted by Crippen LogP contribution is -2.65. The number of H-pyrrole nitrogens is 1. The maximum Gasteiger partial charge on any atom is 0.303 e.